The molecule has 0 bridgehead atoms. The van der Waals surface area contributed by atoms with Gasteiger partial charge in [-0.05, 0) is 72.6 Å². The third-order valence-corrected chi connectivity index (χ3v) is 6.48. The van der Waals surface area contributed by atoms with Gasteiger partial charge in [-0.2, -0.15) is 13.2 Å². The SMILES string of the molecule is Cc1cccc(-c2cccc(CNC(=O)Nc3cccc4c3CC(O)CC4)c2)c1.FC(F)(F)C1CC1. The fourth-order valence-electron chi connectivity index (χ4n) is 4.33. The summed E-state index contributed by atoms with van der Waals surface area (Å²) in [5, 5.41) is 15.9. The smallest absolute Gasteiger partial charge is 0.391 e. The minimum atomic E-state index is -3.89. The monoisotopic (exact) mass is 496 g/mol. The van der Waals surface area contributed by atoms with Gasteiger partial charge in [0.05, 0.1) is 12.0 Å². The summed E-state index contributed by atoms with van der Waals surface area (Å²) in [6.45, 7) is 2.53. The van der Waals surface area contributed by atoms with E-state index in [1.807, 2.05) is 24.3 Å². The van der Waals surface area contributed by atoms with Crippen molar-refractivity contribution in [2.75, 3.05) is 5.32 Å². The maximum Gasteiger partial charge on any atom is 0.391 e. The van der Waals surface area contributed by atoms with Crippen molar-refractivity contribution >= 4 is 11.7 Å². The molecule has 0 aromatic heterocycles. The first-order valence-electron chi connectivity index (χ1n) is 12.3. The van der Waals surface area contributed by atoms with E-state index in [0.29, 0.717) is 25.8 Å². The van der Waals surface area contributed by atoms with Crippen LogP contribution in [0, 0.1) is 12.8 Å². The van der Waals surface area contributed by atoms with Crippen molar-refractivity contribution in [3.63, 3.8) is 0 Å². The maximum atomic E-state index is 12.5. The van der Waals surface area contributed by atoms with Crippen LogP contribution in [0.1, 0.15) is 41.5 Å². The standard InChI is InChI=1S/C25H26N2O2.C4H5F3/c1-17-5-2-8-20(13-17)21-9-3-6-18(14-21)16-26-25(29)27-24-10-4-7-19-11-12-22(28)15-23(19)24;5-4(6,7)3-1-2-3/h2-10,13-14,22,28H,11-12,15-16H2,1H3,(H2,26,27,29);3H,1-2H2. The number of carbonyl (C=O) groups excluding carboxylic acids is 1. The van der Waals surface area contributed by atoms with Gasteiger partial charge in [-0.3, -0.25) is 0 Å². The van der Waals surface area contributed by atoms with Crippen molar-refractivity contribution in [1.82, 2.24) is 5.32 Å². The molecule has 0 aliphatic heterocycles. The summed E-state index contributed by atoms with van der Waals surface area (Å²) in [5.41, 5.74) is 7.62. The van der Waals surface area contributed by atoms with Gasteiger partial charge >= 0.3 is 12.2 Å². The Labute approximate surface area is 209 Å². The minimum absolute atomic E-state index is 0.237. The summed E-state index contributed by atoms with van der Waals surface area (Å²) in [4.78, 5) is 12.5. The lowest BCUT2D eigenvalue weighted by atomic mass is 9.88. The number of alkyl halides is 3. The van der Waals surface area contributed by atoms with E-state index in [1.54, 1.807) is 0 Å². The predicted octanol–water partition coefficient (Wildman–Crippen LogP) is 6.79. The molecule has 3 N–H and O–H groups in total. The summed E-state index contributed by atoms with van der Waals surface area (Å²) in [6, 6.07) is 22.3. The number of rotatable bonds is 4. The van der Waals surface area contributed by atoms with Gasteiger partial charge < -0.3 is 15.7 Å². The number of amides is 2. The van der Waals surface area contributed by atoms with Gasteiger partial charge in [-0.25, -0.2) is 4.79 Å². The van der Waals surface area contributed by atoms with Crippen LogP contribution in [0.4, 0.5) is 23.7 Å². The molecule has 0 heterocycles. The molecule has 1 unspecified atom stereocenters. The van der Waals surface area contributed by atoms with Crippen molar-refractivity contribution in [2.45, 2.75) is 57.9 Å². The van der Waals surface area contributed by atoms with Crippen LogP contribution in [0.2, 0.25) is 0 Å². The molecule has 0 saturated heterocycles. The van der Waals surface area contributed by atoms with Crippen LogP contribution in [-0.2, 0) is 19.4 Å². The molecule has 1 fully saturated rings. The summed E-state index contributed by atoms with van der Waals surface area (Å²) in [5.74, 6) is -0.951. The second-order valence-corrected chi connectivity index (χ2v) is 9.53. The minimum Gasteiger partial charge on any atom is -0.393 e. The molecule has 1 saturated carbocycles. The Balaban J connectivity index is 0.000000375. The van der Waals surface area contributed by atoms with Crippen molar-refractivity contribution in [1.29, 1.82) is 0 Å². The van der Waals surface area contributed by atoms with Gasteiger partial charge in [-0.1, -0.05) is 60.2 Å². The van der Waals surface area contributed by atoms with E-state index in [-0.39, 0.29) is 12.1 Å². The van der Waals surface area contributed by atoms with Crippen molar-refractivity contribution < 1.29 is 23.1 Å². The van der Waals surface area contributed by atoms with E-state index in [2.05, 4.69) is 60.0 Å². The number of benzene rings is 3. The maximum absolute atomic E-state index is 12.5. The first-order valence-corrected chi connectivity index (χ1v) is 12.3. The molecule has 7 heteroatoms. The number of hydrogen-bond acceptors (Lipinski definition) is 2. The van der Waals surface area contributed by atoms with E-state index in [1.165, 1.54) is 16.7 Å². The Morgan fingerprint density at radius 1 is 0.972 bits per heavy atom. The lowest BCUT2D eigenvalue weighted by Crippen LogP contribution is -2.29. The van der Waals surface area contributed by atoms with Crippen LogP contribution in [0.15, 0.2) is 66.7 Å². The van der Waals surface area contributed by atoms with Gasteiger partial charge in [0.1, 0.15) is 0 Å². The van der Waals surface area contributed by atoms with Crippen LogP contribution < -0.4 is 10.6 Å². The lowest BCUT2D eigenvalue weighted by molar-refractivity contribution is -0.147. The number of fused-ring (bicyclic) bond motifs is 1. The van der Waals surface area contributed by atoms with Crippen LogP contribution in [0.5, 0.6) is 0 Å². The molecular formula is C29H31F3N2O2. The number of halogens is 3. The lowest BCUT2D eigenvalue weighted by Gasteiger charge is -2.23. The number of aliphatic hydroxyl groups excluding tert-OH is 1. The third kappa shape index (κ3) is 7.10. The average Bonchev–Trinajstić information content (AvgIpc) is 3.70. The van der Waals surface area contributed by atoms with Gasteiger partial charge in [0.25, 0.3) is 0 Å². The molecule has 3 aromatic rings. The van der Waals surface area contributed by atoms with Crippen LogP contribution >= 0.6 is 0 Å². The van der Waals surface area contributed by atoms with Gasteiger partial charge in [0.2, 0.25) is 0 Å². The molecule has 2 aliphatic carbocycles. The first kappa shape index (κ1) is 25.8. The number of aryl methyl sites for hydroxylation is 2. The second kappa shape index (κ2) is 11.2. The molecule has 0 radical (unpaired) electrons. The van der Waals surface area contributed by atoms with E-state index in [0.717, 1.165) is 35.2 Å². The highest BCUT2D eigenvalue weighted by Crippen LogP contribution is 2.43. The largest absolute Gasteiger partial charge is 0.393 e. The zero-order valence-electron chi connectivity index (χ0n) is 20.2. The normalized spacial score (nSPS) is 16.9. The second-order valence-electron chi connectivity index (χ2n) is 9.53. The van der Waals surface area contributed by atoms with Crippen molar-refractivity contribution in [3.05, 3.63) is 89.0 Å². The van der Waals surface area contributed by atoms with E-state index in [9.17, 15) is 23.1 Å². The summed E-state index contributed by atoms with van der Waals surface area (Å²) in [6.07, 6.45) is -1.31. The molecule has 0 spiro atoms. The quantitative estimate of drug-likeness (QED) is 0.372. The Morgan fingerprint density at radius 3 is 2.33 bits per heavy atom. The molecule has 190 valence electrons. The highest BCUT2D eigenvalue weighted by molar-refractivity contribution is 5.90. The molecule has 2 aliphatic rings. The van der Waals surface area contributed by atoms with Crippen molar-refractivity contribution in [2.24, 2.45) is 5.92 Å². The molecule has 5 rings (SSSR count). The fraction of sp³-hybridized carbons (Fsp3) is 0.345. The average molecular weight is 497 g/mol. The zero-order valence-corrected chi connectivity index (χ0v) is 20.2. The van der Waals surface area contributed by atoms with Gasteiger partial charge in [0, 0.05) is 18.7 Å². The summed E-state index contributed by atoms with van der Waals surface area (Å²) >= 11 is 0. The number of urea groups is 1. The highest BCUT2D eigenvalue weighted by Gasteiger charge is 2.46. The van der Waals surface area contributed by atoms with Crippen LogP contribution in [0.3, 0.4) is 0 Å². The first-order chi connectivity index (χ1) is 17.2. The number of carbonyl (C=O) groups is 1. The molecule has 1 atom stereocenters. The molecule has 2 amide bonds. The summed E-state index contributed by atoms with van der Waals surface area (Å²) < 4.78 is 33.7. The topological polar surface area (TPSA) is 61.4 Å². The zero-order chi connectivity index (χ0) is 25.7. The van der Waals surface area contributed by atoms with Gasteiger partial charge in [0.15, 0.2) is 0 Å². The third-order valence-electron chi connectivity index (χ3n) is 6.48. The predicted molar refractivity (Wildman–Crippen MR) is 136 cm³/mol. The molecule has 3 aromatic carbocycles. The number of aliphatic hydroxyl groups is 1. The molecule has 36 heavy (non-hydrogen) atoms. The van der Waals surface area contributed by atoms with Gasteiger partial charge in [-0.15, -0.1) is 0 Å². The Bertz CT molecular complexity index is 1210. The van der Waals surface area contributed by atoms with Crippen LogP contribution in [-0.4, -0.2) is 23.4 Å². The van der Waals surface area contributed by atoms with E-state index in [4.69, 9.17) is 0 Å². The highest BCUT2D eigenvalue weighted by atomic mass is 19.4. The Kier molecular flexibility index (Phi) is 7.99. The fourth-order valence-corrected chi connectivity index (χ4v) is 4.33. The van der Waals surface area contributed by atoms with E-state index < -0.39 is 12.1 Å². The van der Waals surface area contributed by atoms with Crippen LogP contribution in [0.25, 0.3) is 11.1 Å². The van der Waals surface area contributed by atoms with E-state index >= 15 is 0 Å². The number of nitrogens with one attached hydrogen (secondary N) is 2. The Hall–Kier alpha value is -3.32. The summed E-state index contributed by atoms with van der Waals surface area (Å²) in [7, 11) is 0. The number of hydrogen-bond donors (Lipinski definition) is 3. The van der Waals surface area contributed by atoms with Crippen molar-refractivity contribution in [3.8, 4) is 11.1 Å². The molecule has 4 nitrogen and oxygen atoms in total. The Morgan fingerprint density at radius 2 is 1.67 bits per heavy atom. The number of anilines is 1. The molecular weight excluding hydrogens is 465 g/mol.